The second-order valence-corrected chi connectivity index (χ2v) is 4.54. The minimum atomic E-state index is 0.0499. The first-order chi connectivity index (χ1) is 10.4. The molecule has 0 aliphatic rings. The summed E-state index contributed by atoms with van der Waals surface area (Å²) in [5.74, 6) is 0.728. The van der Waals surface area contributed by atoms with E-state index in [1.54, 1.807) is 6.20 Å². The van der Waals surface area contributed by atoms with Crippen molar-refractivity contribution < 1.29 is 4.74 Å². The van der Waals surface area contributed by atoms with E-state index in [0.29, 0.717) is 6.54 Å². The van der Waals surface area contributed by atoms with Crippen LogP contribution in [0.15, 0.2) is 48.7 Å². The number of aromatic nitrogens is 2. The number of nitrogens with zero attached hydrogens (tertiary/aromatic N) is 2. The number of nitriles is 1. The van der Waals surface area contributed by atoms with Crippen LogP contribution in [0.3, 0.4) is 0 Å². The zero-order valence-electron chi connectivity index (χ0n) is 11.3. The van der Waals surface area contributed by atoms with Gasteiger partial charge in [0.2, 0.25) is 0 Å². The van der Waals surface area contributed by atoms with Crippen molar-refractivity contribution in [3.8, 4) is 11.8 Å². The summed E-state index contributed by atoms with van der Waals surface area (Å²) in [5, 5.41) is 20.0. The van der Waals surface area contributed by atoms with Crippen molar-refractivity contribution in [2.75, 3.05) is 11.9 Å². The summed E-state index contributed by atoms with van der Waals surface area (Å²) in [6, 6.07) is 15.6. The maximum Gasteiger partial charge on any atom is 0.174 e. The fourth-order valence-electron chi connectivity index (χ4n) is 2.21. The van der Waals surface area contributed by atoms with E-state index in [4.69, 9.17) is 10.00 Å². The van der Waals surface area contributed by atoms with E-state index in [2.05, 4.69) is 15.5 Å². The van der Waals surface area contributed by atoms with Crippen LogP contribution >= 0.6 is 0 Å². The minimum Gasteiger partial charge on any atom is -0.478 e. The summed E-state index contributed by atoms with van der Waals surface area (Å²) in [4.78, 5) is 0. The quantitative estimate of drug-likeness (QED) is 0.752. The third-order valence-corrected chi connectivity index (χ3v) is 3.22. The van der Waals surface area contributed by atoms with Gasteiger partial charge >= 0.3 is 0 Å². The smallest absolute Gasteiger partial charge is 0.174 e. The molecule has 1 heterocycles. The summed E-state index contributed by atoms with van der Waals surface area (Å²) >= 11 is 0. The second kappa shape index (κ2) is 5.97. The van der Waals surface area contributed by atoms with E-state index in [9.17, 15) is 0 Å². The molecule has 0 fully saturated rings. The van der Waals surface area contributed by atoms with Crippen LogP contribution in [-0.2, 0) is 6.54 Å². The standard InChI is InChI=1S/C16H14N4O/c17-8-9-21-16-7-2-1-4-12(16)10-18-14-5-3-6-15-13(14)11-19-20-15/h1-7,11,18H,9-10H2,(H,19,20). The monoisotopic (exact) mass is 278 g/mol. The van der Waals surface area contributed by atoms with Crippen LogP contribution in [0.5, 0.6) is 5.75 Å². The Morgan fingerprint density at radius 1 is 1.19 bits per heavy atom. The summed E-state index contributed by atoms with van der Waals surface area (Å²) < 4.78 is 5.43. The number of fused-ring (bicyclic) bond motifs is 1. The van der Waals surface area contributed by atoms with Gasteiger partial charge in [-0.1, -0.05) is 24.3 Å². The van der Waals surface area contributed by atoms with Gasteiger partial charge in [0.15, 0.2) is 6.61 Å². The molecule has 2 aromatic carbocycles. The second-order valence-electron chi connectivity index (χ2n) is 4.54. The van der Waals surface area contributed by atoms with Crippen molar-refractivity contribution in [2.45, 2.75) is 6.54 Å². The number of hydrogen-bond acceptors (Lipinski definition) is 4. The molecule has 3 rings (SSSR count). The number of nitrogens with one attached hydrogen (secondary N) is 2. The van der Waals surface area contributed by atoms with Crippen LogP contribution < -0.4 is 10.1 Å². The molecule has 5 nitrogen and oxygen atoms in total. The predicted molar refractivity (Wildman–Crippen MR) is 81.0 cm³/mol. The lowest BCUT2D eigenvalue weighted by atomic mass is 10.1. The molecule has 0 saturated heterocycles. The van der Waals surface area contributed by atoms with Gasteiger partial charge in [-0.05, 0) is 18.2 Å². The molecule has 0 unspecified atom stereocenters. The Morgan fingerprint density at radius 3 is 3.00 bits per heavy atom. The molecule has 0 atom stereocenters. The first kappa shape index (κ1) is 13.0. The molecule has 3 aromatic rings. The SMILES string of the molecule is N#CCOc1ccccc1CNc1cccc2[nH]ncc12. The van der Waals surface area contributed by atoms with Crippen LogP contribution in [-0.4, -0.2) is 16.8 Å². The van der Waals surface area contributed by atoms with E-state index in [0.717, 1.165) is 27.9 Å². The van der Waals surface area contributed by atoms with Crippen molar-refractivity contribution in [3.05, 3.63) is 54.2 Å². The van der Waals surface area contributed by atoms with Crippen LogP contribution in [0.1, 0.15) is 5.56 Å². The Kier molecular flexibility index (Phi) is 3.70. The number of ether oxygens (including phenoxy) is 1. The zero-order chi connectivity index (χ0) is 14.5. The fraction of sp³-hybridized carbons (Fsp3) is 0.125. The molecule has 0 aliphatic heterocycles. The first-order valence-corrected chi connectivity index (χ1v) is 6.62. The molecule has 0 saturated carbocycles. The Bertz CT molecular complexity index is 788. The lowest BCUT2D eigenvalue weighted by molar-refractivity contribution is 0.364. The highest BCUT2D eigenvalue weighted by atomic mass is 16.5. The van der Waals surface area contributed by atoms with E-state index < -0.39 is 0 Å². The van der Waals surface area contributed by atoms with E-state index in [-0.39, 0.29) is 6.61 Å². The third-order valence-electron chi connectivity index (χ3n) is 3.22. The van der Waals surface area contributed by atoms with Crippen molar-refractivity contribution in [3.63, 3.8) is 0 Å². The number of para-hydroxylation sites is 1. The van der Waals surface area contributed by atoms with E-state index in [1.807, 2.05) is 48.5 Å². The maximum absolute atomic E-state index is 8.62. The summed E-state index contributed by atoms with van der Waals surface area (Å²) in [6.07, 6.45) is 1.80. The molecule has 0 spiro atoms. The third kappa shape index (κ3) is 2.79. The number of rotatable bonds is 5. The molecule has 0 amide bonds. The highest BCUT2D eigenvalue weighted by Gasteiger charge is 2.05. The number of anilines is 1. The van der Waals surface area contributed by atoms with Crippen LogP contribution in [0.2, 0.25) is 0 Å². The minimum absolute atomic E-state index is 0.0499. The van der Waals surface area contributed by atoms with E-state index in [1.165, 1.54) is 0 Å². The topological polar surface area (TPSA) is 73.7 Å². The Morgan fingerprint density at radius 2 is 2.10 bits per heavy atom. The molecular weight excluding hydrogens is 264 g/mol. The van der Waals surface area contributed by atoms with Gasteiger partial charge < -0.3 is 10.1 Å². The number of H-pyrrole nitrogens is 1. The summed E-state index contributed by atoms with van der Waals surface area (Å²) in [5.41, 5.74) is 3.01. The molecule has 1 aromatic heterocycles. The first-order valence-electron chi connectivity index (χ1n) is 6.62. The van der Waals surface area contributed by atoms with Gasteiger partial charge in [0.25, 0.3) is 0 Å². The molecule has 0 radical (unpaired) electrons. The normalized spacial score (nSPS) is 10.2. The Labute approximate surface area is 122 Å². The molecule has 0 bridgehead atoms. The summed E-state index contributed by atoms with van der Waals surface area (Å²) in [6.45, 7) is 0.667. The van der Waals surface area contributed by atoms with Gasteiger partial charge in [0.1, 0.15) is 11.8 Å². The summed E-state index contributed by atoms with van der Waals surface area (Å²) in [7, 11) is 0. The molecule has 5 heteroatoms. The van der Waals surface area contributed by atoms with Crippen LogP contribution in [0, 0.1) is 11.3 Å². The highest BCUT2D eigenvalue weighted by Crippen LogP contribution is 2.24. The van der Waals surface area contributed by atoms with Gasteiger partial charge in [0, 0.05) is 23.2 Å². The van der Waals surface area contributed by atoms with E-state index >= 15 is 0 Å². The van der Waals surface area contributed by atoms with Gasteiger partial charge in [-0.2, -0.15) is 10.4 Å². The van der Waals surface area contributed by atoms with Crippen molar-refractivity contribution in [2.24, 2.45) is 0 Å². The molecule has 104 valence electrons. The number of benzene rings is 2. The van der Waals surface area contributed by atoms with Crippen LogP contribution in [0.4, 0.5) is 5.69 Å². The molecule has 0 aliphatic carbocycles. The highest BCUT2D eigenvalue weighted by molar-refractivity contribution is 5.90. The number of hydrogen-bond donors (Lipinski definition) is 2. The lowest BCUT2D eigenvalue weighted by Crippen LogP contribution is -2.03. The van der Waals surface area contributed by atoms with Crippen molar-refractivity contribution in [1.29, 1.82) is 5.26 Å². The predicted octanol–water partition coefficient (Wildman–Crippen LogP) is 3.08. The maximum atomic E-state index is 8.62. The van der Waals surface area contributed by atoms with Crippen molar-refractivity contribution in [1.82, 2.24) is 10.2 Å². The average Bonchev–Trinajstić information content (AvgIpc) is 3.01. The Balaban J connectivity index is 1.79. The Hall–Kier alpha value is -3.00. The van der Waals surface area contributed by atoms with Gasteiger partial charge in [0.05, 0.1) is 11.7 Å². The van der Waals surface area contributed by atoms with Crippen molar-refractivity contribution >= 4 is 16.6 Å². The van der Waals surface area contributed by atoms with Gasteiger partial charge in [-0.15, -0.1) is 0 Å². The van der Waals surface area contributed by atoms with Gasteiger partial charge in [-0.25, -0.2) is 0 Å². The van der Waals surface area contributed by atoms with Crippen LogP contribution in [0.25, 0.3) is 10.9 Å². The fourth-order valence-corrected chi connectivity index (χ4v) is 2.21. The molecular formula is C16H14N4O. The number of aromatic amines is 1. The largest absolute Gasteiger partial charge is 0.478 e. The lowest BCUT2D eigenvalue weighted by Gasteiger charge is -2.11. The molecule has 21 heavy (non-hydrogen) atoms. The van der Waals surface area contributed by atoms with Gasteiger partial charge in [-0.3, -0.25) is 5.10 Å². The average molecular weight is 278 g/mol. The zero-order valence-corrected chi connectivity index (χ0v) is 11.3. The molecule has 2 N–H and O–H groups in total.